The zero-order valence-corrected chi connectivity index (χ0v) is 21.8. The van der Waals surface area contributed by atoms with Crippen molar-refractivity contribution in [2.24, 2.45) is 5.92 Å². The van der Waals surface area contributed by atoms with E-state index in [1.165, 1.54) is 0 Å². The Balaban J connectivity index is 1.56. The lowest BCUT2D eigenvalue weighted by Crippen LogP contribution is -2.42. The summed E-state index contributed by atoms with van der Waals surface area (Å²) in [6.45, 7) is 10.6. The number of likely N-dealkylation sites (tertiary alicyclic amines) is 1. The summed E-state index contributed by atoms with van der Waals surface area (Å²) in [5.41, 5.74) is 6.59. The molecule has 0 spiro atoms. The van der Waals surface area contributed by atoms with Gasteiger partial charge in [-0.3, -0.25) is 0 Å². The normalized spacial score (nSPS) is 16.1. The third kappa shape index (κ3) is 8.56. The second-order valence-electron chi connectivity index (χ2n) is 10.2. The summed E-state index contributed by atoms with van der Waals surface area (Å²) in [4.78, 5) is 29.5. The summed E-state index contributed by atoms with van der Waals surface area (Å²) in [6, 6.07) is 8.02. The number of nitrogens with two attached hydrogens (primary N) is 1. The monoisotopic (exact) mass is 484 g/mol. The molecule has 2 heterocycles. The van der Waals surface area contributed by atoms with Gasteiger partial charge in [0.15, 0.2) is 0 Å². The van der Waals surface area contributed by atoms with Gasteiger partial charge < -0.3 is 25.0 Å². The zero-order valence-electron chi connectivity index (χ0n) is 21.8. The third-order valence-electron chi connectivity index (χ3n) is 6.03. The molecule has 1 saturated heterocycles. The fourth-order valence-corrected chi connectivity index (χ4v) is 4.36. The number of unbranched alkanes of at least 4 members (excludes halogenated alkanes) is 1. The van der Waals surface area contributed by atoms with E-state index in [9.17, 15) is 4.79 Å². The molecule has 1 atom stereocenters. The van der Waals surface area contributed by atoms with Crippen LogP contribution in [0.1, 0.15) is 64.3 Å². The van der Waals surface area contributed by atoms with Crippen LogP contribution in [-0.4, -0.2) is 58.3 Å². The first-order valence-corrected chi connectivity index (χ1v) is 12.5. The van der Waals surface area contributed by atoms with E-state index in [0.29, 0.717) is 24.2 Å². The summed E-state index contributed by atoms with van der Waals surface area (Å²) < 4.78 is 10.8. The van der Waals surface area contributed by atoms with Crippen molar-refractivity contribution in [1.82, 2.24) is 19.9 Å². The molecule has 1 aromatic heterocycles. The highest BCUT2D eigenvalue weighted by Crippen LogP contribution is 2.24. The Bertz CT molecular complexity index is 940. The van der Waals surface area contributed by atoms with Crippen LogP contribution in [0.3, 0.4) is 0 Å². The van der Waals surface area contributed by atoms with Gasteiger partial charge >= 0.3 is 6.09 Å². The van der Waals surface area contributed by atoms with Crippen molar-refractivity contribution in [1.29, 1.82) is 0 Å². The van der Waals surface area contributed by atoms with Gasteiger partial charge in [0.1, 0.15) is 17.2 Å². The average Bonchev–Trinajstić information content (AvgIpc) is 2.80. The summed E-state index contributed by atoms with van der Waals surface area (Å²) in [6.07, 6.45) is 5.11. The minimum absolute atomic E-state index is 0.198. The number of benzene rings is 1. The Labute approximate surface area is 209 Å². The Morgan fingerprint density at radius 1 is 1.17 bits per heavy atom. The molecule has 2 aromatic rings. The predicted molar refractivity (Wildman–Crippen MR) is 137 cm³/mol. The topological polar surface area (TPSA) is 107 Å². The van der Waals surface area contributed by atoms with Gasteiger partial charge in [0.25, 0.3) is 0 Å². The lowest BCUT2D eigenvalue weighted by atomic mass is 9.93. The SMILES string of the molecule is COc1ccc(CN(CCCCC2CCCN(C(=O)OC(C)(C)C)C2)c2nc(C)nc(N)n2)cc1. The number of aromatic nitrogens is 3. The van der Waals surface area contributed by atoms with Gasteiger partial charge in [0.05, 0.1) is 7.11 Å². The minimum atomic E-state index is -0.464. The van der Waals surface area contributed by atoms with Gasteiger partial charge in [-0.25, -0.2) is 4.79 Å². The molecule has 1 aliphatic heterocycles. The van der Waals surface area contributed by atoms with Crippen molar-refractivity contribution in [3.63, 3.8) is 0 Å². The van der Waals surface area contributed by atoms with E-state index in [2.05, 4.69) is 32.0 Å². The van der Waals surface area contributed by atoms with E-state index in [1.807, 2.05) is 44.7 Å². The number of hydrogen-bond donors (Lipinski definition) is 1. The number of rotatable bonds is 9. The summed E-state index contributed by atoms with van der Waals surface area (Å²) >= 11 is 0. The van der Waals surface area contributed by atoms with Crippen molar-refractivity contribution in [2.75, 3.05) is 37.4 Å². The van der Waals surface area contributed by atoms with Crippen LogP contribution in [-0.2, 0) is 11.3 Å². The molecule has 192 valence electrons. The van der Waals surface area contributed by atoms with Crippen molar-refractivity contribution in [2.45, 2.75) is 71.9 Å². The van der Waals surface area contributed by atoms with Crippen LogP contribution in [0.2, 0.25) is 0 Å². The number of nitrogens with zero attached hydrogens (tertiary/aromatic N) is 5. The summed E-state index contributed by atoms with van der Waals surface area (Å²) in [5, 5.41) is 0. The molecular formula is C26H40N6O3. The fraction of sp³-hybridized carbons (Fsp3) is 0.615. The molecule has 0 aliphatic carbocycles. The summed E-state index contributed by atoms with van der Waals surface area (Å²) in [7, 11) is 1.66. The highest BCUT2D eigenvalue weighted by atomic mass is 16.6. The number of aryl methyl sites for hydroxylation is 1. The molecule has 1 fully saturated rings. The molecular weight excluding hydrogens is 444 g/mol. The van der Waals surface area contributed by atoms with E-state index in [4.69, 9.17) is 15.2 Å². The molecule has 0 bridgehead atoms. The maximum atomic E-state index is 12.5. The molecule has 1 amide bonds. The van der Waals surface area contributed by atoms with Gasteiger partial charge in [-0.05, 0) is 77.0 Å². The number of nitrogen functional groups attached to an aromatic ring is 1. The van der Waals surface area contributed by atoms with Crippen LogP contribution in [0, 0.1) is 12.8 Å². The lowest BCUT2D eigenvalue weighted by Gasteiger charge is -2.34. The van der Waals surface area contributed by atoms with Crippen molar-refractivity contribution in [3.05, 3.63) is 35.7 Å². The molecule has 0 saturated carbocycles. The Kier molecular flexibility index (Phi) is 9.12. The quantitative estimate of drug-likeness (QED) is 0.515. The number of piperidine rings is 1. The van der Waals surface area contributed by atoms with Crippen LogP contribution in [0.5, 0.6) is 5.75 Å². The van der Waals surface area contributed by atoms with Crippen molar-refractivity contribution in [3.8, 4) is 5.75 Å². The Morgan fingerprint density at radius 2 is 1.91 bits per heavy atom. The largest absolute Gasteiger partial charge is 0.497 e. The zero-order chi connectivity index (χ0) is 25.4. The fourth-order valence-electron chi connectivity index (χ4n) is 4.36. The first kappa shape index (κ1) is 26.5. The van der Waals surface area contributed by atoms with Crippen molar-refractivity contribution < 1.29 is 14.3 Å². The Hall–Kier alpha value is -3.10. The molecule has 1 aromatic carbocycles. The number of carbonyl (C=O) groups is 1. The van der Waals surface area contributed by atoms with Gasteiger partial charge in [0.2, 0.25) is 11.9 Å². The van der Waals surface area contributed by atoms with E-state index < -0.39 is 5.60 Å². The maximum Gasteiger partial charge on any atom is 0.410 e. The van der Waals surface area contributed by atoms with Gasteiger partial charge in [0, 0.05) is 26.2 Å². The average molecular weight is 485 g/mol. The number of methoxy groups -OCH3 is 1. The number of hydrogen-bond acceptors (Lipinski definition) is 8. The van der Waals surface area contributed by atoms with E-state index in [-0.39, 0.29) is 12.0 Å². The van der Waals surface area contributed by atoms with Crippen LogP contribution in [0.4, 0.5) is 16.7 Å². The molecule has 1 aliphatic rings. The van der Waals surface area contributed by atoms with Crippen LogP contribution in [0.15, 0.2) is 24.3 Å². The van der Waals surface area contributed by atoms with E-state index in [1.54, 1.807) is 7.11 Å². The van der Waals surface area contributed by atoms with Crippen LogP contribution < -0.4 is 15.4 Å². The van der Waals surface area contributed by atoms with Gasteiger partial charge in [-0.2, -0.15) is 15.0 Å². The molecule has 0 radical (unpaired) electrons. The second kappa shape index (κ2) is 12.0. The molecule has 1 unspecified atom stereocenters. The smallest absolute Gasteiger partial charge is 0.410 e. The molecule has 3 rings (SSSR count). The van der Waals surface area contributed by atoms with Crippen molar-refractivity contribution >= 4 is 18.0 Å². The van der Waals surface area contributed by atoms with Crippen LogP contribution >= 0.6 is 0 Å². The summed E-state index contributed by atoms with van der Waals surface area (Å²) in [5.74, 6) is 2.77. The molecule has 9 heteroatoms. The highest BCUT2D eigenvalue weighted by molar-refractivity contribution is 5.68. The van der Waals surface area contributed by atoms with E-state index in [0.717, 1.165) is 63.1 Å². The lowest BCUT2D eigenvalue weighted by molar-refractivity contribution is 0.0160. The molecule has 2 N–H and O–H groups in total. The number of anilines is 2. The number of amides is 1. The maximum absolute atomic E-state index is 12.5. The highest BCUT2D eigenvalue weighted by Gasteiger charge is 2.27. The first-order valence-electron chi connectivity index (χ1n) is 12.5. The van der Waals surface area contributed by atoms with Gasteiger partial charge in [-0.1, -0.05) is 18.6 Å². The van der Waals surface area contributed by atoms with Crippen LogP contribution in [0.25, 0.3) is 0 Å². The third-order valence-corrected chi connectivity index (χ3v) is 6.03. The van der Waals surface area contributed by atoms with Gasteiger partial charge in [-0.15, -0.1) is 0 Å². The number of ether oxygens (including phenoxy) is 2. The standard InChI is InChI=1S/C26H40N6O3/c1-19-28-23(27)30-24(29-19)31(17-21-11-13-22(34-5)14-12-21)15-7-6-9-20-10-8-16-32(18-20)25(33)35-26(2,3)4/h11-14,20H,6-10,15-18H2,1-5H3,(H2,27,28,29,30). The molecule has 35 heavy (non-hydrogen) atoms. The first-order chi connectivity index (χ1) is 16.6. The Morgan fingerprint density at radius 3 is 2.57 bits per heavy atom. The number of carbonyl (C=O) groups excluding carboxylic acids is 1. The predicted octanol–water partition coefficient (Wildman–Crippen LogP) is 4.59. The second-order valence-corrected chi connectivity index (χ2v) is 10.2. The van der Waals surface area contributed by atoms with E-state index >= 15 is 0 Å². The molecule has 9 nitrogen and oxygen atoms in total. The minimum Gasteiger partial charge on any atom is -0.497 e.